The minimum atomic E-state index is 0.146. The van der Waals surface area contributed by atoms with E-state index in [-0.39, 0.29) is 5.91 Å². The van der Waals surface area contributed by atoms with Gasteiger partial charge in [-0.2, -0.15) is 0 Å². The van der Waals surface area contributed by atoms with Gasteiger partial charge in [0.2, 0.25) is 0 Å². The molecule has 5 aliphatic rings. The summed E-state index contributed by atoms with van der Waals surface area (Å²) in [7, 11) is 0. The number of hydrogen-bond donors (Lipinski definition) is 0. The topological polar surface area (TPSA) is 33.2 Å². The molecule has 6 atom stereocenters. The minimum absolute atomic E-state index is 0.146. The highest BCUT2D eigenvalue weighted by Crippen LogP contribution is 2.67. The highest BCUT2D eigenvalue weighted by atomic mass is 16.2. The first kappa shape index (κ1) is 11.3. The Hall–Kier alpha value is -1.38. The number of carbonyl (C=O) groups excluding carboxylic acids is 1. The second-order valence-electron chi connectivity index (χ2n) is 7.22. The van der Waals surface area contributed by atoms with Gasteiger partial charge in [-0.25, -0.2) is 0 Å². The first-order valence-corrected chi connectivity index (χ1v) is 8.03. The van der Waals surface area contributed by atoms with E-state index in [1.807, 2.05) is 18.2 Å². The lowest BCUT2D eigenvalue weighted by Crippen LogP contribution is -2.40. The van der Waals surface area contributed by atoms with Crippen molar-refractivity contribution in [3.05, 3.63) is 30.1 Å². The van der Waals surface area contributed by atoms with Crippen LogP contribution in [-0.2, 0) is 0 Å². The Labute approximate surface area is 119 Å². The van der Waals surface area contributed by atoms with Gasteiger partial charge in [0.25, 0.3) is 5.91 Å². The zero-order valence-electron chi connectivity index (χ0n) is 11.6. The number of hydrogen-bond acceptors (Lipinski definition) is 2. The van der Waals surface area contributed by atoms with Gasteiger partial charge in [0, 0.05) is 19.3 Å². The SMILES string of the molecule is O=C(c1ccccn1)N1CC2C3CCC(C4CC34)C2C1. The van der Waals surface area contributed by atoms with Crippen molar-refractivity contribution in [3.8, 4) is 0 Å². The molecule has 6 unspecified atom stereocenters. The van der Waals surface area contributed by atoms with Gasteiger partial charge in [-0.3, -0.25) is 9.78 Å². The molecule has 3 nitrogen and oxygen atoms in total. The molecule has 1 amide bonds. The fraction of sp³-hybridized carbons (Fsp3) is 0.647. The van der Waals surface area contributed by atoms with Gasteiger partial charge in [0.15, 0.2) is 0 Å². The number of fused-ring (bicyclic) bond motifs is 1. The number of pyridine rings is 1. The number of aromatic nitrogens is 1. The Morgan fingerprint density at radius 1 is 1.00 bits per heavy atom. The molecule has 1 aromatic heterocycles. The van der Waals surface area contributed by atoms with E-state index in [1.165, 1.54) is 19.3 Å². The van der Waals surface area contributed by atoms with Crippen LogP contribution in [0.4, 0.5) is 0 Å². The van der Waals surface area contributed by atoms with Crippen LogP contribution >= 0.6 is 0 Å². The second-order valence-corrected chi connectivity index (χ2v) is 7.22. The third-order valence-electron chi connectivity index (χ3n) is 6.51. The Kier molecular flexibility index (Phi) is 2.17. The largest absolute Gasteiger partial charge is 0.337 e. The van der Waals surface area contributed by atoms with Crippen molar-refractivity contribution in [1.29, 1.82) is 0 Å². The molecule has 2 bridgehead atoms. The van der Waals surface area contributed by atoms with Gasteiger partial charge in [0.1, 0.15) is 5.69 Å². The molecule has 1 aromatic rings. The van der Waals surface area contributed by atoms with Crippen molar-refractivity contribution < 1.29 is 4.79 Å². The normalized spacial score (nSPS) is 44.1. The third kappa shape index (κ3) is 1.41. The van der Waals surface area contributed by atoms with Crippen LogP contribution in [0.25, 0.3) is 0 Å². The monoisotopic (exact) mass is 268 g/mol. The van der Waals surface area contributed by atoms with E-state index in [2.05, 4.69) is 9.88 Å². The van der Waals surface area contributed by atoms with E-state index in [9.17, 15) is 4.79 Å². The lowest BCUT2D eigenvalue weighted by atomic mass is 9.60. The molecule has 4 aliphatic carbocycles. The molecule has 3 heteroatoms. The van der Waals surface area contributed by atoms with Crippen LogP contribution in [0.5, 0.6) is 0 Å². The summed E-state index contributed by atoms with van der Waals surface area (Å²) >= 11 is 0. The predicted octanol–water partition coefficient (Wildman–Crippen LogP) is 2.45. The van der Waals surface area contributed by atoms with Gasteiger partial charge in [-0.1, -0.05) is 6.07 Å². The summed E-state index contributed by atoms with van der Waals surface area (Å²) < 4.78 is 0. The molecule has 5 fully saturated rings. The van der Waals surface area contributed by atoms with Crippen LogP contribution in [0.3, 0.4) is 0 Å². The van der Waals surface area contributed by atoms with Gasteiger partial charge in [0.05, 0.1) is 0 Å². The quantitative estimate of drug-likeness (QED) is 0.784. The van der Waals surface area contributed by atoms with Crippen LogP contribution in [0.1, 0.15) is 29.8 Å². The Morgan fingerprint density at radius 3 is 2.30 bits per heavy atom. The van der Waals surface area contributed by atoms with Crippen LogP contribution in [0.2, 0.25) is 0 Å². The molecule has 6 rings (SSSR count). The minimum Gasteiger partial charge on any atom is -0.337 e. The van der Waals surface area contributed by atoms with Gasteiger partial charge < -0.3 is 4.90 Å². The summed E-state index contributed by atoms with van der Waals surface area (Å²) in [6.07, 6.45) is 6.07. The molecule has 0 spiro atoms. The molecule has 1 aliphatic heterocycles. The summed E-state index contributed by atoms with van der Waals surface area (Å²) in [5, 5.41) is 0. The number of nitrogens with zero attached hydrogens (tertiary/aromatic N) is 2. The smallest absolute Gasteiger partial charge is 0.272 e. The molecule has 104 valence electrons. The fourth-order valence-corrected chi connectivity index (χ4v) is 5.67. The average Bonchev–Trinajstić information content (AvgIpc) is 3.20. The van der Waals surface area contributed by atoms with Crippen LogP contribution in [-0.4, -0.2) is 28.9 Å². The molecule has 4 saturated carbocycles. The maximum atomic E-state index is 12.6. The fourth-order valence-electron chi connectivity index (χ4n) is 5.67. The highest BCUT2D eigenvalue weighted by Gasteiger charge is 2.63. The Morgan fingerprint density at radius 2 is 1.70 bits per heavy atom. The lowest BCUT2D eigenvalue weighted by Gasteiger charge is -2.44. The summed E-state index contributed by atoms with van der Waals surface area (Å²) in [6.45, 7) is 1.98. The second kappa shape index (κ2) is 3.84. The summed E-state index contributed by atoms with van der Waals surface area (Å²) in [6, 6.07) is 5.62. The molecule has 0 radical (unpaired) electrons. The van der Waals surface area contributed by atoms with E-state index in [1.54, 1.807) is 6.20 Å². The number of rotatable bonds is 1. The van der Waals surface area contributed by atoms with E-state index >= 15 is 0 Å². The van der Waals surface area contributed by atoms with E-state index in [4.69, 9.17) is 0 Å². The van der Waals surface area contributed by atoms with Crippen LogP contribution in [0, 0.1) is 35.5 Å². The summed E-state index contributed by atoms with van der Waals surface area (Å²) in [5.74, 6) is 5.65. The molecular formula is C17H20N2O. The molecule has 0 N–H and O–H groups in total. The van der Waals surface area contributed by atoms with Gasteiger partial charge >= 0.3 is 0 Å². The first-order chi connectivity index (χ1) is 9.83. The van der Waals surface area contributed by atoms with Crippen molar-refractivity contribution in [3.63, 3.8) is 0 Å². The maximum Gasteiger partial charge on any atom is 0.272 e. The summed E-state index contributed by atoms with van der Waals surface area (Å²) in [5.41, 5.74) is 0.614. The lowest BCUT2D eigenvalue weighted by molar-refractivity contribution is 0.0464. The third-order valence-corrected chi connectivity index (χ3v) is 6.51. The standard InChI is InChI=1S/C17H20N2O/c20-17(16-3-1-2-6-18-16)19-8-14-10-4-5-11(15(14)9-19)13-7-12(10)13/h1-3,6,10-15H,4-5,7-9H2. The van der Waals surface area contributed by atoms with Crippen molar-refractivity contribution in [2.45, 2.75) is 19.3 Å². The van der Waals surface area contributed by atoms with E-state index in [0.29, 0.717) is 5.69 Å². The predicted molar refractivity (Wildman–Crippen MR) is 74.9 cm³/mol. The number of carbonyl (C=O) groups is 1. The molecule has 20 heavy (non-hydrogen) atoms. The zero-order valence-corrected chi connectivity index (χ0v) is 11.6. The van der Waals surface area contributed by atoms with E-state index in [0.717, 1.165) is 48.6 Å². The zero-order chi connectivity index (χ0) is 13.3. The first-order valence-electron chi connectivity index (χ1n) is 8.03. The number of amides is 1. The van der Waals surface area contributed by atoms with Crippen molar-refractivity contribution in [1.82, 2.24) is 9.88 Å². The van der Waals surface area contributed by atoms with E-state index < -0.39 is 0 Å². The van der Waals surface area contributed by atoms with Crippen molar-refractivity contribution in [2.75, 3.05) is 13.1 Å². The Bertz CT molecular complexity index is 533. The summed E-state index contributed by atoms with van der Waals surface area (Å²) in [4.78, 5) is 18.9. The maximum absolute atomic E-state index is 12.6. The Balaban J connectivity index is 1.40. The molecule has 2 heterocycles. The molecule has 0 aromatic carbocycles. The average molecular weight is 268 g/mol. The van der Waals surface area contributed by atoms with Crippen molar-refractivity contribution >= 4 is 5.91 Å². The molecule has 1 saturated heterocycles. The highest BCUT2D eigenvalue weighted by molar-refractivity contribution is 5.92. The van der Waals surface area contributed by atoms with Crippen LogP contribution in [0.15, 0.2) is 24.4 Å². The number of likely N-dealkylation sites (tertiary alicyclic amines) is 1. The van der Waals surface area contributed by atoms with Crippen LogP contribution < -0.4 is 0 Å². The van der Waals surface area contributed by atoms with Gasteiger partial charge in [-0.15, -0.1) is 0 Å². The van der Waals surface area contributed by atoms with Gasteiger partial charge in [-0.05, 0) is 66.9 Å². The van der Waals surface area contributed by atoms with Crippen molar-refractivity contribution in [2.24, 2.45) is 35.5 Å². The molecular weight excluding hydrogens is 248 g/mol.